The molecule has 2 aromatic rings. The van der Waals surface area contributed by atoms with Crippen molar-refractivity contribution in [2.75, 3.05) is 13.1 Å². The third-order valence-electron chi connectivity index (χ3n) is 5.42. The van der Waals surface area contributed by atoms with Crippen LogP contribution in [0.1, 0.15) is 53.7 Å². The molecule has 2 aliphatic rings. The minimum Gasteiger partial charge on any atom is -0.347 e. The molecule has 1 saturated heterocycles. The van der Waals surface area contributed by atoms with Crippen LogP contribution in [-0.2, 0) is 19.9 Å². The van der Waals surface area contributed by atoms with Gasteiger partial charge < -0.3 is 9.47 Å². The van der Waals surface area contributed by atoms with Crippen molar-refractivity contribution in [3.05, 3.63) is 35.0 Å². The van der Waals surface area contributed by atoms with E-state index in [9.17, 15) is 4.79 Å². The Kier molecular flexibility index (Phi) is 3.44. The van der Waals surface area contributed by atoms with Crippen LogP contribution >= 0.6 is 0 Å². The number of fused-ring (bicyclic) bond motifs is 3. The molecule has 0 saturated carbocycles. The Labute approximate surface area is 131 Å². The van der Waals surface area contributed by atoms with E-state index >= 15 is 0 Å². The van der Waals surface area contributed by atoms with E-state index in [-0.39, 0.29) is 5.91 Å². The van der Waals surface area contributed by atoms with Crippen LogP contribution in [0, 0.1) is 0 Å². The second-order valence-electron chi connectivity index (χ2n) is 6.78. The largest absolute Gasteiger partial charge is 0.347 e. The van der Waals surface area contributed by atoms with E-state index in [1.165, 1.54) is 47.8 Å². The molecule has 0 bridgehead atoms. The molecule has 3 nitrogen and oxygen atoms in total. The van der Waals surface area contributed by atoms with Crippen molar-refractivity contribution < 1.29 is 4.79 Å². The summed E-state index contributed by atoms with van der Waals surface area (Å²) >= 11 is 0. The van der Waals surface area contributed by atoms with Gasteiger partial charge in [-0.3, -0.25) is 4.79 Å². The Morgan fingerprint density at radius 1 is 1.00 bits per heavy atom. The van der Waals surface area contributed by atoms with Gasteiger partial charge in [0.15, 0.2) is 0 Å². The van der Waals surface area contributed by atoms with Gasteiger partial charge in [-0.25, -0.2) is 0 Å². The smallest absolute Gasteiger partial charge is 0.253 e. The Hall–Kier alpha value is -1.77. The maximum Gasteiger partial charge on any atom is 0.253 e. The maximum atomic E-state index is 12.7. The van der Waals surface area contributed by atoms with Crippen molar-refractivity contribution in [3.8, 4) is 0 Å². The van der Waals surface area contributed by atoms with Crippen LogP contribution in [0.4, 0.5) is 0 Å². The second kappa shape index (κ2) is 5.45. The van der Waals surface area contributed by atoms with E-state index in [2.05, 4.69) is 23.7 Å². The minimum absolute atomic E-state index is 0.218. The van der Waals surface area contributed by atoms with Crippen molar-refractivity contribution in [1.29, 1.82) is 0 Å². The molecule has 1 fully saturated rings. The van der Waals surface area contributed by atoms with Crippen LogP contribution < -0.4 is 0 Å². The SMILES string of the molecule is Cn1c2c(c3cc(C(=O)N4CCCCC4)ccc31)CCCC2. The number of hydrogen-bond donors (Lipinski definition) is 0. The number of aromatic nitrogens is 1. The van der Waals surface area contributed by atoms with E-state index in [0.717, 1.165) is 37.9 Å². The highest BCUT2D eigenvalue weighted by atomic mass is 16.2. The molecule has 1 aromatic heterocycles. The number of rotatable bonds is 1. The molecule has 1 aliphatic carbocycles. The van der Waals surface area contributed by atoms with Crippen LogP contribution in [0.15, 0.2) is 18.2 Å². The van der Waals surface area contributed by atoms with Crippen LogP contribution in [-0.4, -0.2) is 28.5 Å². The van der Waals surface area contributed by atoms with Gasteiger partial charge in [0.25, 0.3) is 5.91 Å². The topological polar surface area (TPSA) is 25.2 Å². The van der Waals surface area contributed by atoms with Gasteiger partial charge in [-0.2, -0.15) is 0 Å². The number of aryl methyl sites for hydroxylation is 2. The highest BCUT2D eigenvalue weighted by Crippen LogP contribution is 2.32. The normalized spacial score (nSPS) is 18.5. The molecule has 0 radical (unpaired) electrons. The first-order chi connectivity index (χ1) is 10.8. The molecule has 3 heteroatoms. The summed E-state index contributed by atoms with van der Waals surface area (Å²) < 4.78 is 2.33. The molecule has 1 aromatic carbocycles. The highest BCUT2D eigenvalue weighted by Gasteiger charge is 2.22. The number of benzene rings is 1. The predicted octanol–water partition coefficient (Wildman–Crippen LogP) is 3.68. The summed E-state index contributed by atoms with van der Waals surface area (Å²) in [5.74, 6) is 0.218. The number of hydrogen-bond acceptors (Lipinski definition) is 1. The lowest BCUT2D eigenvalue weighted by Gasteiger charge is -2.26. The van der Waals surface area contributed by atoms with E-state index in [0.29, 0.717) is 0 Å². The molecule has 1 amide bonds. The molecule has 116 valence electrons. The first-order valence-corrected chi connectivity index (χ1v) is 8.65. The number of amides is 1. The third-order valence-corrected chi connectivity index (χ3v) is 5.42. The van der Waals surface area contributed by atoms with Crippen molar-refractivity contribution in [3.63, 3.8) is 0 Å². The van der Waals surface area contributed by atoms with Crippen molar-refractivity contribution in [1.82, 2.24) is 9.47 Å². The average molecular weight is 296 g/mol. The summed E-state index contributed by atoms with van der Waals surface area (Å²) in [4.78, 5) is 14.8. The van der Waals surface area contributed by atoms with Crippen LogP contribution in [0.3, 0.4) is 0 Å². The summed E-state index contributed by atoms with van der Waals surface area (Å²) in [5, 5.41) is 1.31. The van der Waals surface area contributed by atoms with E-state index in [1.807, 2.05) is 11.0 Å². The highest BCUT2D eigenvalue weighted by molar-refractivity contribution is 5.99. The zero-order valence-corrected chi connectivity index (χ0v) is 13.4. The van der Waals surface area contributed by atoms with Gasteiger partial charge in [-0.15, -0.1) is 0 Å². The number of carbonyl (C=O) groups is 1. The fourth-order valence-corrected chi connectivity index (χ4v) is 4.18. The van der Waals surface area contributed by atoms with Gasteiger partial charge in [0.2, 0.25) is 0 Å². The summed E-state index contributed by atoms with van der Waals surface area (Å²) in [5.41, 5.74) is 5.11. The zero-order chi connectivity index (χ0) is 15.1. The summed E-state index contributed by atoms with van der Waals surface area (Å²) in [6.07, 6.45) is 8.45. The van der Waals surface area contributed by atoms with Crippen molar-refractivity contribution >= 4 is 16.8 Å². The molecule has 0 unspecified atom stereocenters. The van der Waals surface area contributed by atoms with Crippen molar-refractivity contribution in [2.45, 2.75) is 44.9 Å². The average Bonchev–Trinajstić information content (AvgIpc) is 2.88. The minimum atomic E-state index is 0.218. The fourth-order valence-electron chi connectivity index (χ4n) is 4.18. The lowest BCUT2D eigenvalue weighted by molar-refractivity contribution is 0.0724. The van der Waals surface area contributed by atoms with Gasteiger partial charge >= 0.3 is 0 Å². The number of likely N-dealkylation sites (tertiary alicyclic amines) is 1. The quantitative estimate of drug-likeness (QED) is 0.788. The van der Waals surface area contributed by atoms with Gasteiger partial charge in [0, 0.05) is 42.3 Å². The molecule has 0 N–H and O–H groups in total. The molecule has 1 aliphatic heterocycles. The summed E-state index contributed by atoms with van der Waals surface area (Å²) in [6.45, 7) is 1.84. The molecular weight excluding hydrogens is 272 g/mol. The Bertz CT molecular complexity index is 723. The Morgan fingerprint density at radius 2 is 1.77 bits per heavy atom. The lowest BCUT2D eigenvalue weighted by Crippen LogP contribution is -2.35. The standard InChI is InChI=1S/C19H24N2O/c1-20-17-8-4-3-7-15(17)16-13-14(9-10-18(16)20)19(22)21-11-5-2-6-12-21/h9-10,13H,2-8,11-12H2,1H3. The Balaban J connectivity index is 1.75. The number of piperidine rings is 1. The van der Waals surface area contributed by atoms with Gasteiger partial charge in [0.1, 0.15) is 0 Å². The van der Waals surface area contributed by atoms with E-state index in [1.54, 1.807) is 0 Å². The molecule has 4 rings (SSSR count). The first-order valence-electron chi connectivity index (χ1n) is 8.65. The number of nitrogens with zero attached hydrogens (tertiary/aromatic N) is 2. The van der Waals surface area contributed by atoms with Gasteiger partial charge in [0.05, 0.1) is 0 Å². The maximum absolute atomic E-state index is 12.7. The van der Waals surface area contributed by atoms with Crippen LogP contribution in [0.5, 0.6) is 0 Å². The lowest BCUT2D eigenvalue weighted by atomic mass is 9.95. The van der Waals surface area contributed by atoms with Gasteiger partial charge in [-0.05, 0) is 68.7 Å². The third kappa shape index (κ3) is 2.15. The summed E-state index contributed by atoms with van der Waals surface area (Å²) in [6, 6.07) is 6.31. The van der Waals surface area contributed by atoms with E-state index < -0.39 is 0 Å². The first kappa shape index (κ1) is 13.9. The predicted molar refractivity (Wildman–Crippen MR) is 89.3 cm³/mol. The zero-order valence-electron chi connectivity index (χ0n) is 13.4. The monoisotopic (exact) mass is 296 g/mol. The number of carbonyl (C=O) groups excluding carboxylic acids is 1. The van der Waals surface area contributed by atoms with E-state index in [4.69, 9.17) is 0 Å². The Morgan fingerprint density at radius 3 is 2.59 bits per heavy atom. The summed E-state index contributed by atoms with van der Waals surface area (Å²) in [7, 11) is 2.17. The fraction of sp³-hybridized carbons (Fsp3) is 0.526. The van der Waals surface area contributed by atoms with Crippen LogP contribution in [0.25, 0.3) is 10.9 Å². The molecular formula is C19H24N2O. The second-order valence-corrected chi connectivity index (χ2v) is 6.78. The van der Waals surface area contributed by atoms with Gasteiger partial charge in [-0.1, -0.05) is 0 Å². The molecule has 22 heavy (non-hydrogen) atoms. The van der Waals surface area contributed by atoms with Crippen LogP contribution in [0.2, 0.25) is 0 Å². The molecule has 2 heterocycles. The van der Waals surface area contributed by atoms with Crippen molar-refractivity contribution in [2.24, 2.45) is 7.05 Å². The molecule has 0 spiro atoms. The molecule has 0 atom stereocenters.